The smallest absolute Gasteiger partial charge is 0.345 e. The first-order chi connectivity index (χ1) is 11.8. The summed E-state index contributed by atoms with van der Waals surface area (Å²) in [7, 11) is 0. The van der Waals surface area contributed by atoms with Crippen molar-refractivity contribution >= 4 is 23.3 Å². The number of benzene rings is 1. The molecule has 0 radical (unpaired) electrons. The minimum Gasteiger partial charge on any atom is -0.452 e. The van der Waals surface area contributed by atoms with Crippen LogP contribution in [0.4, 0.5) is 11.4 Å². The molecule has 11 nitrogen and oxygen atoms in total. The highest BCUT2D eigenvalue weighted by Gasteiger charge is 2.18. The second-order valence-electron chi connectivity index (χ2n) is 4.89. The number of rotatable bonds is 5. The summed E-state index contributed by atoms with van der Waals surface area (Å²) in [6.07, 6.45) is 0.853. The highest BCUT2D eigenvalue weighted by Crippen LogP contribution is 2.25. The van der Waals surface area contributed by atoms with Crippen LogP contribution in [-0.4, -0.2) is 33.4 Å². The van der Waals surface area contributed by atoms with Crippen LogP contribution in [0.2, 0.25) is 0 Å². The molecule has 1 amide bonds. The van der Waals surface area contributed by atoms with Gasteiger partial charge in [-0.15, -0.1) is 0 Å². The predicted molar refractivity (Wildman–Crippen MR) is 84.4 cm³/mol. The number of aryl methyl sites for hydroxylation is 1. The number of anilines is 1. The molecule has 2 aromatic rings. The van der Waals surface area contributed by atoms with Gasteiger partial charge < -0.3 is 15.0 Å². The molecule has 25 heavy (non-hydrogen) atoms. The Balaban J connectivity index is 2.04. The van der Waals surface area contributed by atoms with E-state index in [0.29, 0.717) is 5.56 Å². The maximum Gasteiger partial charge on any atom is 0.345 e. The molecule has 0 fully saturated rings. The summed E-state index contributed by atoms with van der Waals surface area (Å²) in [6, 6.07) is 4.19. The fourth-order valence-electron chi connectivity index (χ4n) is 1.85. The van der Waals surface area contributed by atoms with Gasteiger partial charge in [0.05, 0.1) is 4.92 Å². The van der Waals surface area contributed by atoms with Crippen molar-refractivity contribution in [3.8, 4) is 0 Å². The van der Waals surface area contributed by atoms with E-state index in [1.807, 2.05) is 4.98 Å². The van der Waals surface area contributed by atoms with E-state index < -0.39 is 40.2 Å². The molecule has 3 N–H and O–H groups in total. The summed E-state index contributed by atoms with van der Waals surface area (Å²) in [5.41, 5.74) is -1.99. The lowest BCUT2D eigenvalue weighted by Crippen LogP contribution is -2.29. The number of nitrogens with zero attached hydrogens (tertiary/aromatic N) is 1. The topological polar surface area (TPSA) is 164 Å². The number of hydrogen-bond donors (Lipinski definition) is 3. The lowest BCUT2D eigenvalue weighted by atomic mass is 10.2. The molecule has 0 saturated heterocycles. The maximum atomic E-state index is 11.8. The molecule has 0 unspecified atom stereocenters. The Kier molecular flexibility index (Phi) is 5.07. The number of nitro benzene ring substituents is 1. The SMILES string of the molecule is Cc1ccc(NC(=O)COC(=O)c2c[nH]c(=O)[nH]c2=O)c([N+](=O)[O-])c1. The van der Waals surface area contributed by atoms with Crippen LogP contribution in [0.25, 0.3) is 0 Å². The minimum absolute atomic E-state index is 0.0569. The van der Waals surface area contributed by atoms with Gasteiger partial charge in [-0.05, 0) is 18.6 Å². The Morgan fingerprint density at radius 2 is 2.04 bits per heavy atom. The van der Waals surface area contributed by atoms with Crippen molar-refractivity contribution in [3.05, 3.63) is 66.5 Å². The largest absolute Gasteiger partial charge is 0.452 e. The van der Waals surface area contributed by atoms with Crippen LogP contribution in [0.3, 0.4) is 0 Å². The molecule has 11 heteroatoms. The molecule has 0 atom stereocenters. The maximum absolute atomic E-state index is 11.8. The standard InChI is InChI=1S/C14H12N4O7/c1-7-2-3-9(10(4-7)18(23)24)16-11(19)6-25-13(21)8-5-15-14(22)17-12(8)20/h2-5H,6H2,1H3,(H,16,19)(H2,15,17,20,22). The van der Waals surface area contributed by atoms with Gasteiger partial charge in [0.15, 0.2) is 6.61 Å². The summed E-state index contributed by atoms with van der Waals surface area (Å²) in [6.45, 7) is 0.879. The number of amides is 1. The fraction of sp³-hybridized carbons (Fsp3) is 0.143. The van der Waals surface area contributed by atoms with Crippen molar-refractivity contribution in [2.24, 2.45) is 0 Å². The van der Waals surface area contributed by atoms with Gasteiger partial charge in [0, 0.05) is 12.3 Å². The number of aromatic amines is 2. The Bertz CT molecular complexity index is 960. The number of carbonyl (C=O) groups excluding carboxylic acids is 2. The molecule has 0 bridgehead atoms. The lowest BCUT2D eigenvalue weighted by Gasteiger charge is -2.07. The number of nitro groups is 1. The van der Waals surface area contributed by atoms with Crippen LogP contribution in [0.1, 0.15) is 15.9 Å². The predicted octanol–water partition coefficient (Wildman–Crippen LogP) is 0.0753. The van der Waals surface area contributed by atoms with Gasteiger partial charge in [0.2, 0.25) is 0 Å². The van der Waals surface area contributed by atoms with Crippen LogP contribution in [-0.2, 0) is 9.53 Å². The molecule has 2 rings (SSSR count). The van der Waals surface area contributed by atoms with E-state index in [1.165, 1.54) is 12.1 Å². The molecule has 1 aromatic carbocycles. The highest BCUT2D eigenvalue weighted by molar-refractivity contribution is 5.96. The number of ether oxygens (including phenoxy) is 1. The third kappa shape index (κ3) is 4.37. The van der Waals surface area contributed by atoms with Crippen LogP contribution < -0.4 is 16.6 Å². The molecule has 1 aromatic heterocycles. The van der Waals surface area contributed by atoms with Crippen LogP contribution in [0.5, 0.6) is 0 Å². The zero-order valence-electron chi connectivity index (χ0n) is 12.8. The average Bonchev–Trinajstić information content (AvgIpc) is 2.54. The Labute approximate surface area is 138 Å². The van der Waals surface area contributed by atoms with E-state index in [0.717, 1.165) is 6.20 Å². The van der Waals surface area contributed by atoms with Gasteiger partial charge in [-0.3, -0.25) is 24.7 Å². The van der Waals surface area contributed by atoms with Crippen LogP contribution in [0, 0.1) is 17.0 Å². The monoisotopic (exact) mass is 348 g/mol. The quantitative estimate of drug-likeness (QED) is 0.391. The fourth-order valence-corrected chi connectivity index (χ4v) is 1.85. The first-order valence-electron chi connectivity index (χ1n) is 6.82. The summed E-state index contributed by atoms with van der Waals surface area (Å²) >= 11 is 0. The summed E-state index contributed by atoms with van der Waals surface area (Å²) in [5, 5.41) is 13.2. The first-order valence-corrected chi connectivity index (χ1v) is 6.82. The molecule has 1 heterocycles. The van der Waals surface area contributed by atoms with Crippen molar-refractivity contribution in [3.63, 3.8) is 0 Å². The van der Waals surface area contributed by atoms with E-state index in [4.69, 9.17) is 0 Å². The molecular weight excluding hydrogens is 336 g/mol. The number of carbonyl (C=O) groups is 2. The van der Waals surface area contributed by atoms with E-state index in [9.17, 15) is 29.3 Å². The molecule has 0 saturated carbocycles. The second kappa shape index (κ2) is 7.21. The number of nitrogens with one attached hydrogen (secondary N) is 3. The Morgan fingerprint density at radius 3 is 2.68 bits per heavy atom. The van der Waals surface area contributed by atoms with Gasteiger partial charge in [-0.25, -0.2) is 9.59 Å². The molecule has 130 valence electrons. The summed E-state index contributed by atoms with van der Waals surface area (Å²) in [4.78, 5) is 60.0. The minimum atomic E-state index is -1.13. The number of aromatic nitrogens is 2. The van der Waals surface area contributed by atoms with Gasteiger partial charge in [-0.2, -0.15) is 0 Å². The van der Waals surface area contributed by atoms with Gasteiger partial charge in [-0.1, -0.05) is 6.07 Å². The van der Waals surface area contributed by atoms with Crippen LogP contribution in [0.15, 0.2) is 34.0 Å². The first kappa shape index (κ1) is 17.6. The summed E-state index contributed by atoms with van der Waals surface area (Å²) < 4.78 is 4.64. The Hall–Kier alpha value is -3.76. The molecule has 0 aliphatic carbocycles. The third-order valence-corrected chi connectivity index (χ3v) is 3.00. The highest BCUT2D eigenvalue weighted by atomic mass is 16.6. The average molecular weight is 348 g/mol. The number of esters is 1. The van der Waals surface area contributed by atoms with Crippen molar-refractivity contribution in [2.45, 2.75) is 6.92 Å². The van der Waals surface area contributed by atoms with E-state index in [1.54, 1.807) is 13.0 Å². The molecular formula is C14H12N4O7. The van der Waals surface area contributed by atoms with E-state index in [2.05, 4.69) is 15.0 Å². The van der Waals surface area contributed by atoms with Crippen molar-refractivity contribution in [1.82, 2.24) is 9.97 Å². The van der Waals surface area contributed by atoms with Gasteiger partial charge in [0.1, 0.15) is 11.3 Å². The number of H-pyrrole nitrogens is 2. The molecule has 0 aliphatic rings. The van der Waals surface area contributed by atoms with Crippen molar-refractivity contribution < 1.29 is 19.2 Å². The van der Waals surface area contributed by atoms with Crippen LogP contribution >= 0.6 is 0 Å². The van der Waals surface area contributed by atoms with E-state index >= 15 is 0 Å². The number of hydrogen-bond acceptors (Lipinski definition) is 7. The van der Waals surface area contributed by atoms with Gasteiger partial charge in [0.25, 0.3) is 17.2 Å². The van der Waals surface area contributed by atoms with Gasteiger partial charge >= 0.3 is 11.7 Å². The third-order valence-electron chi connectivity index (χ3n) is 3.00. The summed E-state index contributed by atoms with van der Waals surface area (Å²) in [5.74, 6) is -1.97. The van der Waals surface area contributed by atoms with E-state index in [-0.39, 0.29) is 11.4 Å². The molecule has 0 spiro atoms. The lowest BCUT2D eigenvalue weighted by molar-refractivity contribution is -0.384. The zero-order valence-corrected chi connectivity index (χ0v) is 12.8. The normalized spacial score (nSPS) is 10.1. The second-order valence-corrected chi connectivity index (χ2v) is 4.89. The van der Waals surface area contributed by atoms with Crippen molar-refractivity contribution in [2.75, 3.05) is 11.9 Å². The van der Waals surface area contributed by atoms with Crippen molar-refractivity contribution in [1.29, 1.82) is 0 Å². The zero-order chi connectivity index (χ0) is 18.6. The Morgan fingerprint density at radius 1 is 1.32 bits per heavy atom. The molecule has 0 aliphatic heterocycles.